The number of rotatable bonds is 2. The molecule has 0 heterocycles. The Morgan fingerprint density at radius 1 is 1.05 bits per heavy atom. The number of halogens is 3. The Morgan fingerprint density at radius 3 is 2.63 bits per heavy atom. The molecule has 0 amide bonds. The fourth-order valence-corrected chi connectivity index (χ4v) is 4.01. The Labute approximate surface area is 131 Å². The summed E-state index contributed by atoms with van der Waals surface area (Å²) in [7, 11) is 0. The van der Waals surface area contributed by atoms with E-state index in [0.717, 1.165) is 18.4 Å². The molecule has 0 saturated heterocycles. The molecule has 98 valence electrons. The summed E-state index contributed by atoms with van der Waals surface area (Å²) >= 11 is 16.2. The summed E-state index contributed by atoms with van der Waals surface area (Å²) in [5.74, 6) is 0.536. The average Bonchev–Trinajstić information content (AvgIpc) is 2.73. The van der Waals surface area contributed by atoms with Gasteiger partial charge in [-0.1, -0.05) is 75.5 Å². The first-order valence-electron chi connectivity index (χ1n) is 6.31. The fraction of sp³-hybridized carbons (Fsp3) is 0.250. The fourth-order valence-electron chi connectivity index (χ4n) is 2.79. The zero-order valence-electron chi connectivity index (χ0n) is 10.2. The number of hydrogen-bond donors (Lipinski definition) is 0. The van der Waals surface area contributed by atoms with Gasteiger partial charge in [0.25, 0.3) is 0 Å². The van der Waals surface area contributed by atoms with Crippen molar-refractivity contribution in [2.24, 2.45) is 5.92 Å². The lowest BCUT2D eigenvalue weighted by Gasteiger charge is -2.16. The topological polar surface area (TPSA) is 0 Å². The van der Waals surface area contributed by atoms with E-state index in [4.69, 9.17) is 23.2 Å². The molecule has 0 spiro atoms. The summed E-state index contributed by atoms with van der Waals surface area (Å²) in [6.45, 7) is 0. The molecule has 1 aliphatic rings. The summed E-state index contributed by atoms with van der Waals surface area (Å²) < 4.78 is 0. The zero-order valence-corrected chi connectivity index (χ0v) is 13.3. The van der Waals surface area contributed by atoms with Crippen LogP contribution in [0.4, 0.5) is 0 Å². The Bertz CT molecular complexity index is 609. The molecule has 2 aromatic carbocycles. The van der Waals surface area contributed by atoms with Crippen LogP contribution in [0.25, 0.3) is 0 Å². The highest BCUT2D eigenvalue weighted by molar-refractivity contribution is 9.09. The van der Waals surface area contributed by atoms with Gasteiger partial charge >= 0.3 is 0 Å². The van der Waals surface area contributed by atoms with E-state index in [1.165, 1.54) is 11.1 Å². The molecule has 0 aliphatic heterocycles. The van der Waals surface area contributed by atoms with Gasteiger partial charge in [-0.25, -0.2) is 0 Å². The molecule has 0 nitrogen and oxygen atoms in total. The smallest absolute Gasteiger partial charge is 0.0624 e. The van der Waals surface area contributed by atoms with Gasteiger partial charge in [0.05, 0.1) is 10.0 Å². The number of alkyl halides is 1. The average molecular weight is 356 g/mol. The lowest BCUT2D eigenvalue weighted by molar-refractivity contribution is 0.555. The van der Waals surface area contributed by atoms with Gasteiger partial charge in [0.2, 0.25) is 0 Å². The maximum Gasteiger partial charge on any atom is 0.0624 e. The van der Waals surface area contributed by atoms with E-state index in [1.54, 1.807) is 0 Å². The van der Waals surface area contributed by atoms with Crippen molar-refractivity contribution in [2.45, 2.75) is 17.7 Å². The van der Waals surface area contributed by atoms with Gasteiger partial charge in [0.15, 0.2) is 0 Å². The van der Waals surface area contributed by atoms with Gasteiger partial charge in [-0.2, -0.15) is 0 Å². The summed E-state index contributed by atoms with van der Waals surface area (Å²) in [6, 6.07) is 14.5. The predicted octanol–water partition coefficient (Wildman–Crippen LogP) is 5.84. The Hall–Kier alpha value is -0.500. The van der Waals surface area contributed by atoms with Crippen molar-refractivity contribution in [2.75, 3.05) is 0 Å². The van der Waals surface area contributed by atoms with Crippen LogP contribution < -0.4 is 0 Å². The van der Waals surface area contributed by atoms with Crippen molar-refractivity contribution in [1.29, 1.82) is 0 Å². The van der Waals surface area contributed by atoms with E-state index in [0.29, 0.717) is 20.8 Å². The molecule has 0 N–H and O–H groups in total. The van der Waals surface area contributed by atoms with Gasteiger partial charge in [0, 0.05) is 4.83 Å². The van der Waals surface area contributed by atoms with Crippen LogP contribution in [0, 0.1) is 5.92 Å². The molecule has 2 unspecified atom stereocenters. The third kappa shape index (κ3) is 2.56. The van der Waals surface area contributed by atoms with Crippen LogP contribution in [-0.2, 0) is 12.8 Å². The monoisotopic (exact) mass is 354 g/mol. The molecule has 0 radical (unpaired) electrons. The van der Waals surface area contributed by atoms with Crippen molar-refractivity contribution < 1.29 is 0 Å². The highest BCUT2D eigenvalue weighted by Gasteiger charge is 2.30. The highest BCUT2D eigenvalue weighted by Crippen LogP contribution is 2.44. The lowest BCUT2D eigenvalue weighted by atomic mass is 9.96. The third-order valence-electron chi connectivity index (χ3n) is 3.76. The molecule has 2 aromatic rings. The molecule has 0 bridgehead atoms. The number of fused-ring (bicyclic) bond motifs is 1. The van der Waals surface area contributed by atoms with Gasteiger partial charge in [-0.05, 0) is 41.5 Å². The summed E-state index contributed by atoms with van der Waals surface area (Å²) in [5, 5.41) is 1.33. The van der Waals surface area contributed by atoms with Crippen LogP contribution in [0.15, 0.2) is 42.5 Å². The van der Waals surface area contributed by atoms with Crippen LogP contribution in [0.3, 0.4) is 0 Å². The quantitative estimate of drug-likeness (QED) is 0.593. The summed E-state index contributed by atoms with van der Waals surface area (Å²) in [6.07, 6.45) is 2.04. The molecule has 0 aromatic heterocycles. The molecular formula is C16H13BrCl2. The maximum atomic E-state index is 6.28. The molecule has 0 saturated carbocycles. The first-order valence-corrected chi connectivity index (χ1v) is 7.98. The largest absolute Gasteiger partial charge is 0.0835 e. The third-order valence-corrected chi connectivity index (χ3v) is 5.86. The molecule has 3 rings (SSSR count). The van der Waals surface area contributed by atoms with E-state index < -0.39 is 0 Å². The van der Waals surface area contributed by atoms with Crippen molar-refractivity contribution in [3.8, 4) is 0 Å². The normalized spacial score (nSPS) is 21.4. The lowest BCUT2D eigenvalue weighted by Crippen LogP contribution is -2.07. The maximum absolute atomic E-state index is 6.28. The molecule has 19 heavy (non-hydrogen) atoms. The van der Waals surface area contributed by atoms with Crippen LogP contribution in [-0.4, -0.2) is 0 Å². The second-order valence-corrected chi connectivity index (χ2v) is 6.75. The number of hydrogen-bond acceptors (Lipinski definition) is 0. The zero-order chi connectivity index (χ0) is 13.4. The second-order valence-electron chi connectivity index (χ2n) is 4.98. The molecule has 3 heteroatoms. The van der Waals surface area contributed by atoms with E-state index in [-0.39, 0.29) is 0 Å². The van der Waals surface area contributed by atoms with E-state index in [9.17, 15) is 0 Å². The molecule has 1 aliphatic carbocycles. The van der Waals surface area contributed by atoms with E-state index in [1.807, 2.05) is 12.1 Å². The second kappa shape index (κ2) is 5.47. The van der Waals surface area contributed by atoms with Crippen LogP contribution in [0.1, 0.15) is 21.5 Å². The van der Waals surface area contributed by atoms with E-state index in [2.05, 4.69) is 46.3 Å². The van der Waals surface area contributed by atoms with Crippen molar-refractivity contribution >= 4 is 39.1 Å². The minimum atomic E-state index is 0.402. The van der Waals surface area contributed by atoms with Gasteiger partial charge in [-0.3, -0.25) is 0 Å². The van der Waals surface area contributed by atoms with Gasteiger partial charge < -0.3 is 0 Å². The molecular weight excluding hydrogens is 343 g/mol. The molecule has 2 atom stereocenters. The Morgan fingerprint density at radius 2 is 1.84 bits per heavy atom. The predicted molar refractivity (Wildman–Crippen MR) is 85.5 cm³/mol. The number of benzene rings is 2. The minimum Gasteiger partial charge on any atom is -0.0835 e. The summed E-state index contributed by atoms with van der Waals surface area (Å²) in [4.78, 5) is 0.402. The Kier molecular flexibility index (Phi) is 3.88. The van der Waals surface area contributed by atoms with E-state index >= 15 is 0 Å². The van der Waals surface area contributed by atoms with Gasteiger partial charge in [0.1, 0.15) is 0 Å². The summed E-state index contributed by atoms with van der Waals surface area (Å²) in [5.41, 5.74) is 3.98. The van der Waals surface area contributed by atoms with Gasteiger partial charge in [-0.15, -0.1) is 0 Å². The van der Waals surface area contributed by atoms with Crippen molar-refractivity contribution in [3.63, 3.8) is 0 Å². The SMILES string of the molecule is Clc1cccc(CC2Cc3ccccc3C2Br)c1Cl. The Balaban J connectivity index is 1.85. The highest BCUT2D eigenvalue weighted by atomic mass is 79.9. The first-order chi connectivity index (χ1) is 9.16. The van der Waals surface area contributed by atoms with Crippen molar-refractivity contribution in [3.05, 3.63) is 69.2 Å². The van der Waals surface area contributed by atoms with Crippen LogP contribution in [0.5, 0.6) is 0 Å². The first kappa shape index (κ1) is 13.5. The standard InChI is InChI=1S/C16H13BrCl2/c17-15-12(8-10-4-1-2-6-13(10)15)9-11-5-3-7-14(18)16(11)19/h1-7,12,15H,8-9H2. The molecule has 0 fully saturated rings. The minimum absolute atomic E-state index is 0.402. The van der Waals surface area contributed by atoms with Crippen LogP contribution >= 0.6 is 39.1 Å². The van der Waals surface area contributed by atoms with Crippen LogP contribution in [0.2, 0.25) is 10.0 Å². The van der Waals surface area contributed by atoms with Crippen molar-refractivity contribution in [1.82, 2.24) is 0 Å².